The van der Waals surface area contributed by atoms with E-state index in [-0.39, 0.29) is 36.5 Å². The van der Waals surface area contributed by atoms with Crippen LogP contribution in [0.2, 0.25) is 0 Å². The second-order valence-corrected chi connectivity index (χ2v) is 15.8. The molecule has 1 aromatic heterocycles. The molecule has 2 N–H and O–H groups in total. The highest BCUT2D eigenvalue weighted by Crippen LogP contribution is 2.38. The number of fused-ring (bicyclic) bond motifs is 1. The van der Waals surface area contributed by atoms with Gasteiger partial charge in [0.25, 0.3) is 0 Å². The molecule has 1 aromatic carbocycles. The third-order valence-corrected chi connectivity index (χ3v) is 10.9. The van der Waals surface area contributed by atoms with Crippen molar-refractivity contribution >= 4 is 28.3 Å². The van der Waals surface area contributed by atoms with Crippen LogP contribution in [0.3, 0.4) is 0 Å². The van der Waals surface area contributed by atoms with Gasteiger partial charge < -0.3 is 34.3 Å². The van der Waals surface area contributed by atoms with Crippen molar-refractivity contribution < 1.29 is 33.6 Å². The molecule has 0 bridgehead atoms. The minimum atomic E-state index is -1.44. The van der Waals surface area contributed by atoms with Crippen molar-refractivity contribution in [3.05, 3.63) is 30.7 Å². The summed E-state index contributed by atoms with van der Waals surface area (Å²) in [6.45, 7) is 15.8. The molecule has 0 aliphatic carbocycles. The Morgan fingerprint density at radius 1 is 1.16 bits per heavy atom. The monoisotopic (exact) mass is 713 g/mol. The quantitative estimate of drug-likeness (QED) is 0.186. The third kappa shape index (κ3) is 10.0. The Bertz CT molecular complexity index is 1440. The summed E-state index contributed by atoms with van der Waals surface area (Å²) >= 11 is 0. The van der Waals surface area contributed by atoms with Crippen molar-refractivity contribution in [1.29, 1.82) is 0 Å². The van der Waals surface area contributed by atoms with Crippen LogP contribution in [0, 0.1) is 17.3 Å². The Morgan fingerprint density at radius 3 is 2.59 bits per heavy atom. The van der Waals surface area contributed by atoms with E-state index >= 15 is 0 Å². The lowest BCUT2D eigenvalue weighted by Gasteiger charge is -2.47. The number of benzene rings is 1. The molecule has 0 spiro atoms. The van der Waals surface area contributed by atoms with E-state index in [4.69, 9.17) is 18.9 Å². The van der Waals surface area contributed by atoms with E-state index in [1.165, 1.54) is 0 Å². The summed E-state index contributed by atoms with van der Waals surface area (Å²) in [6, 6.07) is 5.83. The molecule has 286 valence electrons. The van der Waals surface area contributed by atoms with Crippen LogP contribution < -0.4 is 5.32 Å². The lowest BCUT2D eigenvalue weighted by molar-refractivity contribution is -0.295. The lowest BCUT2D eigenvalue weighted by Crippen LogP contribution is -2.59. The molecule has 0 radical (unpaired) electrons. The third-order valence-electron chi connectivity index (χ3n) is 10.9. The van der Waals surface area contributed by atoms with Crippen molar-refractivity contribution in [3.8, 4) is 0 Å². The minimum Gasteiger partial charge on any atom is -0.463 e. The zero-order valence-electron chi connectivity index (χ0n) is 32.6. The van der Waals surface area contributed by atoms with Crippen LogP contribution >= 0.6 is 0 Å². The number of anilines is 1. The molecular weight excluding hydrogens is 650 g/mol. The van der Waals surface area contributed by atoms with Gasteiger partial charge in [-0.1, -0.05) is 20.8 Å². The van der Waals surface area contributed by atoms with E-state index in [2.05, 4.69) is 34.0 Å². The summed E-state index contributed by atoms with van der Waals surface area (Å²) in [4.78, 5) is 41.0. The number of hydrogen-bond donors (Lipinski definition) is 2. The number of hydrogen-bond acceptors (Lipinski definition) is 12. The number of carbonyl (C=O) groups excluding carboxylic acids is 2. The normalized spacial score (nSPS) is 32.9. The molecule has 4 rings (SSSR count). The molecule has 51 heavy (non-hydrogen) atoms. The maximum atomic E-state index is 14.3. The van der Waals surface area contributed by atoms with Crippen molar-refractivity contribution in [3.63, 3.8) is 0 Å². The number of nitrogens with zero attached hydrogens (tertiary/aromatic N) is 4. The first-order valence-electron chi connectivity index (χ1n) is 18.7. The van der Waals surface area contributed by atoms with Crippen LogP contribution in [-0.2, 0) is 28.5 Å². The number of Topliss-reactive ketones (excluding diaryl/α,β-unsaturated/α-hetero) is 1. The van der Waals surface area contributed by atoms with Gasteiger partial charge in [0.05, 0.1) is 23.3 Å². The molecule has 0 saturated carbocycles. The van der Waals surface area contributed by atoms with Crippen LogP contribution in [0.1, 0.15) is 80.6 Å². The lowest BCUT2D eigenvalue weighted by atomic mass is 9.74. The Kier molecular flexibility index (Phi) is 14.4. The molecule has 2 aromatic rings. The number of ketones is 1. The van der Waals surface area contributed by atoms with Crippen LogP contribution in [0.5, 0.6) is 0 Å². The molecule has 0 amide bonds. The molecule has 4 unspecified atom stereocenters. The molecule has 12 nitrogen and oxygen atoms in total. The Balaban J connectivity index is 1.58. The van der Waals surface area contributed by atoms with Gasteiger partial charge >= 0.3 is 5.97 Å². The molecule has 2 saturated heterocycles. The average molecular weight is 714 g/mol. The summed E-state index contributed by atoms with van der Waals surface area (Å²) in [5, 5.41) is 15.9. The van der Waals surface area contributed by atoms with E-state index in [1.807, 2.05) is 57.2 Å². The zero-order chi connectivity index (χ0) is 37.5. The number of ether oxygens (including phenoxy) is 4. The highest BCUT2D eigenvalue weighted by atomic mass is 16.7. The Hall–Kier alpha value is -2.74. The van der Waals surface area contributed by atoms with Crippen LogP contribution in [0.15, 0.2) is 30.7 Å². The molecule has 2 aliphatic heterocycles. The highest BCUT2D eigenvalue weighted by molar-refractivity contribution is 6.04. The van der Waals surface area contributed by atoms with E-state index in [0.717, 1.165) is 55.5 Å². The number of esters is 1. The van der Waals surface area contributed by atoms with Gasteiger partial charge in [0, 0.05) is 55.5 Å². The van der Waals surface area contributed by atoms with Gasteiger partial charge in [-0.25, -0.2) is 9.97 Å². The largest absolute Gasteiger partial charge is 0.463 e. The molecule has 2 aliphatic rings. The zero-order valence-corrected chi connectivity index (χ0v) is 32.6. The average Bonchev–Trinajstić information content (AvgIpc) is 3.09. The van der Waals surface area contributed by atoms with Crippen molar-refractivity contribution in [2.45, 2.75) is 123 Å². The predicted molar refractivity (Wildman–Crippen MR) is 198 cm³/mol. The fraction of sp³-hybridized carbons (Fsp3) is 0.744. The predicted octanol–water partition coefficient (Wildman–Crippen LogP) is 4.93. The first-order valence-corrected chi connectivity index (χ1v) is 18.7. The fourth-order valence-electron chi connectivity index (χ4n) is 7.97. The maximum Gasteiger partial charge on any atom is 0.319 e. The number of rotatable bonds is 11. The summed E-state index contributed by atoms with van der Waals surface area (Å²) in [6.07, 6.45) is 4.26. The van der Waals surface area contributed by atoms with Gasteiger partial charge in [0.1, 0.15) is 24.5 Å². The summed E-state index contributed by atoms with van der Waals surface area (Å²) in [7, 11) is 5.49. The summed E-state index contributed by atoms with van der Waals surface area (Å²) in [5.41, 5.74) is -0.484. The van der Waals surface area contributed by atoms with Crippen molar-refractivity contribution in [2.75, 3.05) is 52.8 Å². The molecule has 3 heterocycles. The number of nitrogens with one attached hydrogen (secondary N) is 1. The number of aliphatic hydroxyl groups is 1. The first-order chi connectivity index (χ1) is 24.1. The minimum absolute atomic E-state index is 0.0386. The van der Waals surface area contributed by atoms with E-state index in [1.54, 1.807) is 34.2 Å². The van der Waals surface area contributed by atoms with Gasteiger partial charge in [-0.15, -0.1) is 0 Å². The molecule has 2 fully saturated rings. The van der Waals surface area contributed by atoms with E-state index in [9.17, 15) is 14.7 Å². The maximum absolute atomic E-state index is 14.3. The number of aromatic nitrogens is 2. The second kappa shape index (κ2) is 17.9. The molecule has 9 atom stereocenters. The number of aliphatic hydroxyl groups excluding tert-OH is 1. The van der Waals surface area contributed by atoms with E-state index < -0.39 is 41.4 Å². The standard InChI is InChI=1S/C39H63N5O7/c1-11-17-44-22-25(2)20-39(7,48-10)35(51-36-33(45)32(43(8)9)18-26(3)50-36)27(4)34(46)38(5,6)37(47)49-23-30(44)13-12-16-41-29-14-15-31-28(19-29)21-40-24-42-31/h14-15,19,21,24-27,30,32-33,35-36,41,45H,11-13,16-18,20,22-23H2,1-10H3/t25?,26-,27?,30-,32+,33-,35?,36+,39?/m1/s1. The van der Waals surface area contributed by atoms with Gasteiger partial charge in [-0.2, -0.15) is 0 Å². The van der Waals surface area contributed by atoms with Crippen molar-refractivity contribution in [2.24, 2.45) is 17.3 Å². The fourth-order valence-corrected chi connectivity index (χ4v) is 7.97. The Morgan fingerprint density at radius 2 is 1.90 bits per heavy atom. The van der Waals surface area contributed by atoms with Gasteiger partial charge in [-0.05, 0) is 105 Å². The molecular formula is C39H63N5O7. The highest BCUT2D eigenvalue weighted by Gasteiger charge is 2.51. The van der Waals surface area contributed by atoms with Gasteiger partial charge in [-0.3, -0.25) is 14.5 Å². The summed E-state index contributed by atoms with van der Waals surface area (Å²) in [5.74, 6) is -1.50. The first kappa shape index (κ1) is 41.0. The smallest absolute Gasteiger partial charge is 0.319 e. The molecule has 12 heteroatoms. The number of likely N-dealkylation sites (N-methyl/N-ethyl adjacent to an activating group) is 1. The summed E-state index contributed by atoms with van der Waals surface area (Å²) < 4.78 is 25.2. The second-order valence-electron chi connectivity index (χ2n) is 15.8. The van der Waals surface area contributed by atoms with Gasteiger partial charge in [0.2, 0.25) is 0 Å². The number of methoxy groups -OCH3 is 1. The van der Waals surface area contributed by atoms with Gasteiger partial charge in [0.15, 0.2) is 12.1 Å². The number of cyclic esters (lactones) is 1. The van der Waals surface area contributed by atoms with Crippen LogP contribution in [-0.4, -0.2) is 126 Å². The topological polar surface area (TPSA) is 136 Å². The SMILES string of the molecule is CCCN1CC(C)CC(C)(OC)C(O[C@@H]2O[C@H](C)C[C@H](N(C)C)[C@H]2O)C(C)C(=O)C(C)(C)C(=O)OC[C@H]1CCCNc1ccc2ncncc2c1. The van der Waals surface area contributed by atoms with E-state index in [0.29, 0.717) is 12.8 Å². The van der Waals surface area contributed by atoms with Crippen molar-refractivity contribution in [1.82, 2.24) is 19.8 Å². The van der Waals surface area contributed by atoms with Crippen LogP contribution in [0.25, 0.3) is 10.9 Å². The van der Waals surface area contributed by atoms with Crippen LogP contribution in [0.4, 0.5) is 5.69 Å². The Labute approximate surface area is 304 Å². The number of carbonyl (C=O) groups is 2.